The number of para-hydroxylation sites is 1. The Labute approximate surface area is 160 Å². The number of aromatic nitrogens is 3. The van der Waals surface area contributed by atoms with E-state index in [1.165, 1.54) is 0 Å². The van der Waals surface area contributed by atoms with Crippen molar-refractivity contribution < 1.29 is 9.53 Å². The van der Waals surface area contributed by atoms with Gasteiger partial charge in [-0.1, -0.05) is 40.2 Å². The lowest BCUT2D eigenvalue weighted by molar-refractivity contribution is 0.102. The molecule has 0 aliphatic carbocycles. The van der Waals surface area contributed by atoms with Crippen molar-refractivity contribution in [1.29, 1.82) is 0 Å². The van der Waals surface area contributed by atoms with E-state index in [2.05, 4.69) is 31.3 Å². The van der Waals surface area contributed by atoms with Crippen molar-refractivity contribution in [3.8, 4) is 5.75 Å². The molecule has 1 amide bonds. The Morgan fingerprint density at radius 2 is 2.04 bits per heavy atom. The first-order valence-corrected chi connectivity index (χ1v) is 9.01. The highest BCUT2D eigenvalue weighted by molar-refractivity contribution is 9.10. The zero-order valence-electron chi connectivity index (χ0n) is 14.5. The molecular formula is C19H19BrN4O2. The standard InChI is InChI=1S/C19H19BrN4O2/c1-13(2)26-17-9-4-3-8-16(17)18(25)22-19-21-12-24(23-19)11-14-6-5-7-15(20)10-14/h3-10,12-13H,11H2,1-2H3,(H,22,23,25). The lowest BCUT2D eigenvalue weighted by atomic mass is 10.2. The molecule has 3 rings (SSSR count). The summed E-state index contributed by atoms with van der Waals surface area (Å²) < 4.78 is 8.37. The molecule has 0 atom stereocenters. The summed E-state index contributed by atoms with van der Waals surface area (Å²) in [5, 5.41) is 7.03. The van der Waals surface area contributed by atoms with Crippen molar-refractivity contribution in [2.75, 3.05) is 5.32 Å². The highest BCUT2D eigenvalue weighted by Crippen LogP contribution is 2.20. The number of hydrogen-bond donors (Lipinski definition) is 1. The number of anilines is 1. The second-order valence-corrected chi connectivity index (χ2v) is 6.93. The number of benzene rings is 2. The zero-order valence-corrected chi connectivity index (χ0v) is 16.1. The fourth-order valence-corrected chi connectivity index (χ4v) is 2.88. The summed E-state index contributed by atoms with van der Waals surface area (Å²) in [6, 6.07) is 15.1. The molecule has 0 aliphatic rings. The van der Waals surface area contributed by atoms with Gasteiger partial charge in [0.2, 0.25) is 5.95 Å². The molecule has 0 aliphatic heterocycles. The van der Waals surface area contributed by atoms with E-state index in [1.54, 1.807) is 29.2 Å². The molecule has 1 aromatic heterocycles. The maximum absolute atomic E-state index is 12.5. The molecule has 6 nitrogen and oxygen atoms in total. The summed E-state index contributed by atoms with van der Waals surface area (Å²) in [4.78, 5) is 16.7. The van der Waals surface area contributed by atoms with Crippen LogP contribution < -0.4 is 10.1 Å². The zero-order chi connectivity index (χ0) is 18.5. The van der Waals surface area contributed by atoms with E-state index in [0.717, 1.165) is 10.0 Å². The van der Waals surface area contributed by atoms with Crippen molar-refractivity contribution in [3.05, 3.63) is 70.5 Å². The van der Waals surface area contributed by atoms with Crippen LogP contribution in [0.2, 0.25) is 0 Å². The van der Waals surface area contributed by atoms with Gasteiger partial charge in [0.15, 0.2) is 0 Å². The molecule has 0 fully saturated rings. The summed E-state index contributed by atoms with van der Waals surface area (Å²) in [6.07, 6.45) is 1.57. The first-order valence-electron chi connectivity index (χ1n) is 8.22. The van der Waals surface area contributed by atoms with Gasteiger partial charge in [0.05, 0.1) is 18.2 Å². The topological polar surface area (TPSA) is 69.0 Å². The maximum Gasteiger partial charge on any atom is 0.261 e. The lowest BCUT2D eigenvalue weighted by Crippen LogP contribution is -2.16. The van der Waals surface area contributed by atoms with Crippen LogP contribution in [0, 0.1) is 0 Å². The summed E-state index contributed by atoms with van der Waals surface area (Å²) in [7, 11) is 0. The van der Waals surface area contributed by atoms with Crippen LogP contribution in [0.3, 0.4) is 0 Å². The average Bonchev–Trinajstić information content (AvgIpc) is 3.01. The van der Waals surface area contributed by atoms with E-state index in [4.69, 9.17) is 4.74 Å². The van der Waals surface area contributed by atoms with Gasteiger partial charge in [-0.15, -0.1) is 5.10 Å². The monoisotopic (exact) mass is 414 g/mol. The highest BCUT2D eigenvalue weighted by atomic mass is 79.9. The van der Waals surface area contributed by atoms with Crippen molar-refractivity contribution in [1.82, 2.24) is 14.8 Å². The van der Waals surface area contributed by atoms with Gasteiger partial charge in [0.25, 0.3) is 5.91 Å². The molecule has 0 saturated heterocycles. The van der Waals surface area contributed by atoms with Crippen LogP contribution in [0.4, 0.5) is 5.95 Å². The Hall–Kier alpha value is -2.67. The lowest BCUT2D eigenvalue weighted by Gasteiger charge is -2.13. The SMILES string of the molecule is CC(C)Oc1ccccc1C(=O)Nc1ncn(Cc2cccc(Br)c2)n1. The fourth-order valence-electron chi connectivity index (χ4n) is 2.43. The smallest absolute Gasteiger partial charge is 0.261 e. The van der Waals surface area contributed by atoms with Crippen LogP contribution >= 0.6 is 15.9 Å². The summed E-state index contributed by atoms with van der Waals surface area (Å²) >= 11 is 3.45. The number of rotatable bonds is 6. The number of nitrogens with one attached hydrogen (secondary N) is 1. The molecule has 0 radical (unpaired) electrons. The molecular weight excluding hydrogens is 396 g/mol. The molecule has 2 aromatic carbocycles. The van der Waals surface area contributed by atoms with E-state index in [9.17, 15) is 4.79 Å². The van der Waals surface area contributed by atoms with Gasteiger partial charge in [-0.2, -0.15) is 0 Å². The first kappa shape index (κ1) is 18.1. The minimum Gasteiger partial charge on any atom is -0.490 e. The van der Waals surface area contributed by atoms with Crippen LogP contribution in [-0.4, -0.2) is 26.8 Å². The molecule has 0 spiro atoms. The van der Waals surface area contributed by atoms with Crippen molar-refractivity contribution in [2.24, 2.45) is 0 Å². The number of carbonyl (C=O) groups excluding carboxylic acids is 1. The molecule has 7 heteroatoms. The van der Waals surface area contributed by atoms with Gasteiger partial charge >= 0.3 is 0 Å². The van der Waals surface area contributed by atoms with Gasteiger partial charge in [-0.05, 0) is 43.7 Å². The minimum absolute atomic E-state index is 0.0218. The van der Waals surface area contributed by atoms with Gasteiger partial charge in [-0.25, -0.2) is 9.67 Å². The maximum atomic E-state index is 12.5. The van der Waals surface area contributed by atoms with Gasteiger partial charge < -0.3 is 4.74 Å². The summed E-state index contributed by atoms with van der Waals surface area (Å²) in [5.74, 6) is 0.486. The molecule has 1 N–H and O–H groups in total. The van der Waals surface area contributed by atoms with Crippen molar-refractivity contribution in [3.63, 3.8) is 0 Å². The Bertz CT molecular complexity index is 908. The van der Waals surface area contributed by atoms with Crippen LogP contribution in [0.1, 0.15) is 29.8 Å². The molecule has 26 heavy (non-hydrogen) atoms. The van der Waals surface area contributed by atoms with Crippen molar-refractivity contribution in [2.45, 2.75) is 26.5 Å². The highest BCUT2D eigenvalue weighted by Gasteiger charge is 2.15. The Morgan fingerprint density at radius 1 is 1.23 bits per heavy atom. The van der Waals surface area contributed by atoms with Crippen molar-refractivity contribution >= 4 is 27.8 Å². The second kappa shape index (κ2) is 8.14. The number of halogens is 1. The Morgan fingerprint density at radius 3 is 2.81 bits per heavy atom. The second-order valence-electron chi connectivity index (χ2n) is 6.01. The Kier molecular flexibility index (Phi) is 5.68. The van der Waals surface area contributed by atoms with Crippen LogP contribution in [0.25, 0.3) is 0 Å². The number of hydrogen-bond acceptors (Lipinski definition) is 4. The van der Waals surface area contributed by atoms with E-state index < -0.39 is 0 Å². The van der Waals surface area contributed by atoms with Gasteiger partial charge in [-0.3, -0.25) is 10.1 Å². The molecule has 1 heterocycles. The van der Waals surface area contributed by atoms with E-state index in [1.807, 2.05) is 44.2 Å². The van der Waals surface area contributed by atoms with Gasteiger partial charge in [0.1, 0.15) is 12.1 Å². The largest absolute Gasteiger partial charge is 0.490 e. The molecule has 0 bridgehead atoms. The third-order valence-corrected chi connectivity index (χ3v) is 3.98. The predicted octanol–water partition coefficient (Wildman–Crippen LogP) is 4.13. The van der Waals surface area contributed by atoms with E-state index in [-0.39, 0.29) is 18.0 Å². The van der Waals surface area contributed by atoms with Crippen LogP contribution in [-0.2, 0) is 6.54 Å². The summed E-state index contributed by atoms with van der Waals surface area (Å²) in [5.41, 5.74) is 1.53. The number of carbonyl (C=O) groups is 1. The molecule has 0 saturated carbocycles. The quantitative estimate of drug-likeness (QED) is 0.658. The van der Waals surface area contributed by atoms with Crippen LogP contribution in [0.5, 0.6) is 5.75 Å². The Balaban J connectivity index is 1.70. The molecule has 0 unspecified atom stereocenters. The normalized spacial score (nSPS) is 10.8. The third kappa shape index (κ3) is 4.70. The summed E-state index contributed by atoms with van der Waals surface area (Å²) in [6.45, 7) is 4.40. The number of amides is 1. The fraction of sp³-hybridized carbons (Fsp3) is 0.211. The average molecular weight is 415 g/mol. The molecule has 3 aromatic rings. The first-order chi connectivity index (χ1) is 12.5. The number of ether oxygens (including phenoxy) is 1. The third-order valence-electron chi connectivity index (χ3n) is 3.49. The van der Waals surface area contributed by atoms with Crippen LogP contribution in [0.15, 0.2) is 59.3 Å². The minimum atomic E-state index is -0.304. The predicted molar refractivity (Wildman–Crippen MR) is 103 cm³/mol. The van der Waals surface area contributed by atoms with Gasteiger partial charge in [0, 0.05) is 4.47 Å². The number of nitrogens with zero attached hydrogens (tertiary/aromatic N) is 3. The molecule has 134 valence electrons. The van der Waals surface area contributed by atoms with E-state index >= 15 is 0 Å². The van der Waals surface area contributed by atoms with E-state index in [0.29, 0.717) is 17.9 Å².